The van der Waals surface area contributed by atoms with Crippen molar-refractivity contribution in [2.75, 3.05) is 37.4 Å². The van der Waals surface area contributed by atoms with Crippen LogP contribution in [0.2, 0.25) is 0 Å². The molecular weight excluding hydrogens is 516 g/mol. The van der Waals surface area contributed by atoms with Gasteiger partial charge in [-0.05, 0) is 49.1 Å². The molecule has 1 aromatic rings. The number of anilines is 1. The molecule has 13 heteroatoms. The number of thiol groups is 1. The predicted octanol–water partition coefficient (Wildman–Crippen LogP) is 0.509. The maximum atomic E-state index is 12.0. The molecule has 1 aliphatic rings. The number of carboxylic acids is 1. The molecule has 0 bridgehead atoms. The van der Waals surface area contributed by atoms with Gasteiger partial charge < -0.3 is 25.8 Å². The van der Waals surface area contributed by atoms with Crippen molar-refractivity contribution in [1.82, 2.24) is 15.5 Å². The molecule has 1 unspecified atom stereocenters. The van der Waals surface area contributed by atoms with Crippen molar-refractivity contribution in [2.24, 2.45) is 0 Å². The Morgan fingerprint density at radius 1 is 1.00 bits per heavy atom. The van der Waals surface area contributed by atoms with Gasteiger partial charge in [-0.2, -0.15) is 12.6 Å². The van der Waals surface area contributed by atoms with E-state index in [0.717, 1.165) is 5.56 Å². The summed E-state index contributed by atoms with van der Waals surface area (Å²) in [4.78, 5) is 71.2. The zero-order valence-electron chi connectivity index (χ0n) is 21.1. The van der Waals surface area contributed by atoms with E-state index in [9.17, 15) is 33.9 Å². The summed E-state index contributed by atoms with van der Waals surface area (Å²) in [5, 5.41) is 16.9. The Hall–Kier alpha value is -3.45. The molecule has 0 aliphatic carbocycles. The van der Waals surface area contributed by atoms with Gasteiger partial charge in [-0.15, -0.1) is 0 Å². The number of nitrogens with one attached hydrogen (secondary N) is 3. The topological polar surface area (TPSA) is 171 Å². The second kappa shape index (κ2) is 16.4. The number of likely N-dealkylation sites (tertiary alicyclic amines) is 1. The van der Waals surface area contributed by atoms with Crippen molar-refractivity contribution in [3.63, 3.8) is 0 Å². The van der Waals surface area contributed by atoms with Crippen LogP contribution >= 0.6 is 12.6 Å². The SMILES string of the molecule is O=C(COCC(=O)Nc1ccc(CCC(=O)N2CCC2=O)cc1)NCCCCC(NC(=O)CCS)C(=O)O. The average molecular weight is 551 g/mol. The van der Waals surface area contributed by atoms with Crippen LogP contribution in [0.5, 0.6) is 0 Å². The summed E-state index contributed by atoms with van der Waals surface area (Å²) in [6.07, 6.45) is 2.52. The Kier molecular flexibility index (Phi) is 13.3. The number of aryl methyl sites for hydroxylation is 1. The highest BCUT2D eigenvalue weighted by molar-refractivity contribution is 7.80. The minimum Gasteiger partial charge on any atom is -0.480 e. The maximum Gasteiger partial charge on any atom is 0.326 e. The lowest BCUT2D eigenvalue weighted by Gasteiger charge is -2.28. The number of ether oxygens (including phenoxy) is 1. The van der Waals surface area contributed by atoms with Crippen molar-refractivity contribution in [1.29, 1.82) is 0 Å². The number of hydrogen-bond acceptors (Lipinski definition) is 8. The fourth-order valence-corrected chi connectivity index (χ4v) is 3.73. The Bertz CT molecular complexity index is 1000. The zero-order chi connectivity index (χ0) is 27.9. The van der Waals surface area contributed by atoms with Gasteiger partial charge in [0.1, 0.15) is 19.3 Å². The van der Waals surface area contributed by atoms with E-state index in [1.807, 2.05) is 0 Å². The van der Waals surface area contributed by atoms with Crippen molar-refractivity contribution < 1.29 is 38.6 Å². The van der Waals surface area contributed by atoms with Gasteiger partial charge in [-0.25, -0.2) is 4.79 Å². The summed E-state index contributed by atoms with van der Waals surface area (Å²) in [6.45, 7) is 0.162. The molecule has 12 nitrogen and oxygen atoms in total. The fourth-order valence-electron chi connectivity index (χ4n) is 3.53. The van der Waals surface area contributed by atoms with Gasteiger partial charge in [0.2, 0.25) is 29.5 Å². The first-order valence-electron chi connectivity index (χ1n) is 12.4. The lowest BCUT2D eigenvalue weighted by atomic mass is 10.1. The molecule has 0 saturated carbocycles. The van der Waals surface area contributed by atoms with Crippen LogP contribution in [0.4, 0.5) is 5.69 Å². The number of amides is 5. The van der Waals surface area contributed by atoms with E-state index in [0.29, 0.717) is 50.2 Å². The van der Waals surface area contributed by atoms with Gasteiger partial charge >= 0.3 is 5.97 Å². The first kappa shape index (κ1) is 30.8. The van der Waals surface area contributed by atoms with E-state index >= 15 is 0 Å². The minimum atomic E-state index is -1.11. The summed E-state index contributed by atoms with van der Waals surface area (Å²) in [6, 6.07) is 5.97. The number of nitrogens with zero attached hydrogens (tertiary/aromatic N) is 1. The van der Waals surface area contributed by atoms with Gasteiger partial charge in [0.15, 0.2) is 0 Å². The summed E-state index contributed by atoms with van der Waals surface area (Å²) in [7, 11) is 0. The van der Waals surface area contributed by atoms with Crippen LogP contribution in [0.15, 0.2) is 24.3 Å². The number of rotatable bonds is 17. The van der Waals surface area contributed by atoms with Gasteiger partial charge in [0, 0.05) is 38.0 Å². The number of benzene rings is 1. The molecule has 4 N–H and O–H groups in total. The summed E-state index contributed by atoms with van der Waals surface area (Å²) in [5.41, 5.74) is 1.44. The number of carbonyl (C=O) groups is 6. The van der Waals surface area contributed by atoms with E-state index in [1.54, 1.807) is 24.3 Å². The highest BCUT2D eigenvalue weighted by Gasteiger charge is 2.29. The van der Waals surface area contributed by atoms with Crippen molar-refractivity contribution >= 4 is 53.8 Å². The summed E-state index contributed by atoms with van der Waals surface area (Å²) < 4.78 is 5.13. The third-order valence-electron chi connectivity index (χ3n) is 5.70. The molecule has 1 aliphatic heterocycles. The Labute approximate surface area is 226 Å². The summed E-state index contributed by atoms with van der Waals surface area (Å²) in [5.74, 6) is -2.32. The molecule has 208 valence electrons. The molecule has 1 aromatic carbocycles. The molecule has 0 aromatic heterocycles. The van der Waals surface area contributed by atoms with Crippen LogP contribution < -0.4 is 16.0 Å². The lowest BCUT2D eigenvalue weighted by molar-refractivity contribution is -0.152. The number of β-lactam (4-membered cyclic amide) rings is 1. The molecule has 0 radical (unpaired) electrons. The minimum absolute atomic E-state index is 0.137. The van der Waals surface area contributed by atoms with Crippen molar-refractivity contribution in [3.8, 4) is 0 Å². The highest BCUT2D eigenvalue weighted by Crippen LogP contribution is 2.14. The average Bonchev–Trinajstić information content (AvgIpc) is 2.86. The van der Waals surface area contributed by atoms with E-state index in [4.69, 9.17) is 4.74 Å². The smallest absolute Gasteiger partial charge is 0.326 e. The van der Waals surface area contributed by atoms with E-state index < -0.39 is 23.8 Å². The van der Waals surface area contributed by atoms with Gasteiger partial charge in [-0.3, -0.25) is 28.9 Å². The molecule has 1 saturated heterocycles. The third kappa shape index (κ3) is 11.3. The predicted molar refractivity (Wildman–Crippen MR) is 140 cm³/mol. The monoisotopic (exact) mass is 550 g/mol. The fraction of sp³-hybridized carbons (Fsp3) is 0.520. The van der Waals surface area contributed by atoms with Crippen LogP contribution in [0.1, 0.15) is 44.1 Å². The Morgan fingerprint density at radius 3 is 2.32 bits per heavy atom. The van der Waals surface area contributed by atoms with Crippen LogP contribution in [0.25, 0.3) is 0 Å². The van der Waals surface area contributed by atoms with Crippen LogP contribution in [0.3, 0.4) is 0 Å². The van der Waals surface area contributed by atoms with Crippen LogP contribution in [-0.4, -0.2) is 83.6 Å². The van der Waals surface area contributed by atoms with Crippen LogP contribution in [0, 0.1) is 0 Å². The third-order valence-corrected chi connectivity index (χ3v) is 5.92. The molecule has 1 atom stereocenters. The van der Waals surface area contributed by atoms with Gasteiger partial charge in [0.05, 0.1) is 0 Å². The number of unbranched alkanes of at least 4 members (excludes halogenated alkanes) is 1. The van der Waals surface area contributed by atoms with E-state index in [2.05, 4.69) is 28.6 Å². The molecule has 38 heavy (non-hydrogen) atoms. The molecule has 1 heterocycles. The first-order chi connectivity index (χ1) is 18.2. The maximum absolute atomic E-state index is 12.0. The largest absolute Gasteiger partial charge is 0.480 e. The quantitative estimate of drug-likeness (QED) is 0.106. The van der Waals surface area contributed by atoms with E-state index in [1.165, 1.54) is 4.90 Å². The second-order valence-corrected chi connectivity index (χ2v) is 9.15. The van der Waals surface area contributed by atoms with Crippen molar-refractivity contribution in [3.05, 3.63) is 29.8 Å². The van der Waals surface area contributed by atoms with Gasteiger partial charge in [-0.1, -0.05) is 12.1 Å². The molecule has 0 spiro atoms. The molecule has 2 rings (SSSR count). The zero-order valence-corrected chi connectivity index (χ0v) is 22.0. The molecular formula is C25H34N4O8S. The van der Waals surface area contributed by atoms with Crippen LogP contribution in [-0.2, 0) is 39.9 Å². The molecule has 5 amide bonds. The number of carboxylic acid groups (broad SMARTS) is 1. The normalized spacial score (nSPS) is 13.3. The number of hydrogen-bond donors (Lipinski definition) is 5. The first-order valence-corrected chi connectivity index (χ1v) is 13.0. The Balaban J connectivity index is 1.55. The lowest BCUT2D eigenvalue weighted by Crippen LogP contribution is -2.47. The van der Waals surface area contributed by atoms with E-state index in [-0.39, 0.29) is 50.2 Å². The number of imide groups is 1. The second-order valence-electron chi connectivity index (χ2n) is 8.70. The highest BCUT2D eigenvalue weighted by atomic mass is 32.1. The number of aliphatic carboxylic acids is 1. The van der Waals surface area contributed by atoms with Gasteiger partial charge in [0.25, 0.3) is 0 Å². The molecule has 1 fully saturated rings. The number of carbonyl (C=O) groups excluding carboxylic acids is 5. The van der Waals surface area contributed by atoms with Crippen molar-refractivity contribution in [2.45, 2.75) is 51.0 Å². The summed E-state index contributed by atoms with van der Waals surface area (Å²) >= 11 is 3.94. The Morgan fingerprint density at radius 2 is 1.71 bits per heavy atom. The standard InChI is InChI=1S/C25H34N4O8S/c30-20(11-14-38)28-19(25(35)36)3-1-2-12-26-21(31)15-37-16-22(32)27-18-7-4-17(5-8-18)6-9-23(33)29-13-10-24(29)34/h4-5,7-8,19,38H,1-3,6,9-16H2,(H,26,31)(H,27,32)(H,28,30)(H,35,36).